The summed E-state index contributed by atoms with van der Waals surface area (Å²) in [6.45, 7) is 5.27. The number of pyridine rings is 2. The van der Waals surface area contributed by atoms with Gasteiger partial charge in [-0.1, -0.05) is 12.5 Å². The third-order valence-corrected chi connectivity index (χ3v) is 6.54. The number of ether oxygens (including phenoxy) is 1. The molecule has 3 aromatic rings. The average molecular weight is 470 g/mol. The first-order chi connectivity index (χ1) is 17.1. The van der Waals surface area contributed by atoms with Crippen molar-refractivity contribution < 1.29 is 9.53 Å². The number of carbonyl (C=O) groups excluding carboxylic acids is 1. The van der Waals surface area contributed by atoms with Crippen molar-refractivity contribution in [3.63, 3.8) is 0 Å². The summed E-state index contributed by atoms with van der Waals surface area (Å²) < 4.78 is 5.11. The lowest BCUT2D eigenvalue weighted by Gasteiger charge is -2.26. The highest BCUT2D eigenvalue weighted by Gasteiger charge is 2.23. The minimum absolute atomic E-state index is 0.0395. The third kappa shape index (κ3) is 5.35. The summed E-state index contributed by atoms with van der Waals surface area (Å²) in [7, 11) is 1.56. The van der Waals surface area contributed by atoms with Crippen LogP contribution in [0.4, 0.5) is 11.4 Å². The molecule has 1 fully saturated rings. The predicted octanol–water partition coefficient (Wildman–Crippen LogP) is 4.97. The van der Waals surface area contributed by atoms with Crippen LogP contribution in [0.1, 0.15) is 37.3 Å². The molecule has 2 aliphatic heterocycles. The molecule has 1 atom stereocenters. The van der Waals surface area contributed by atoms with Crippen molar-refractivity contribution in [2.75, 3.05) is 30.8 Å². The lowest BCUT2D eigenvalue weighted by Crippen LogP contribution is -2.29. The lowest BCUT2D eigenvalue weighted by molar-refractivity contribution is -0.111. The topological polar surface area (TPSA) is 79.4 Å². The van der Waals surface area contributed by atoms with Crippen molar-refractivity contribution in [2.24, 2.45) is 0 Å². The van der Waals surface area contributed by atoms with Gasteiger partial charge in [-0.05, 0) is 74.3 Å². The minimum Gasteiger partial charge on any atom is -0.481 e. The highest BCUT2D eigenvalue weighted by atomic mass is 16.5. The Morgan fingerprint density at radius 1 is 1.09 bits per heavy atom. The Hall–Kier alpha value is -3.71. The van der Waals surface area contributed by atoms with Crippen LogP contribution in [0.2, 0.25) is 0 Å². The van der Waals surface area contributed by atoms with Gasteiger partial charge in [-0.25, -0.2) is 4.98 Å². The van der Waals surface area contributed by atoms with E-state index in [-0.39, 0.29) is 11.9 Å². The molecule has 35 heavy (non-hydrogen) atoms. The second-order valence-electron chi connectivity index (χ2n) is 9.24. The van der Waals surface area contributed by atoms with Crippen LogP contribution in [-0.2, 0) is 11.3 Å². The highest BCUT2D eigenvalue weighted by molar-refractivity contribution is 6.27. The van der Waals surface area contributed by atoms with Gasteiger partial charge in [0.05, 0.1) is 19.0 Å². The molecule has 1 amide bonds. The lowest BCUT2D eigenvalue weighted by atomic mass is 9.93. The molecule has 0 saturated carbocycles. The zero-order valence-electron chi connectivity index (χ0n) is 20.3. The van der Waals surface area contributed by atoms with Crippen molar-refractivity contribution >= 4 is 22.9 Å². The van der Waals surface area contributed by atoms with Crippen molar-refractivity contribution in [1.82, 2.24) is 14.9 Å². The molecule has 2 aromatic heterocycles. The summed E-state index contributed by atoms with van der Waals surface area (Å²) in [4.78, 5) is 24.5. The van der Waals surface area contributed by atoms with Gasteiger partial charge in [-0.3, -0.25) is 14.7 Å². The Morgan fingerprint density at radius 2 is 1.94 bits per heavy atom. The molecule has 0 radical (unpaired) electrons. The standard InChI is InChI=1S/C28H31N5O2/c1-19-12-25(28(34)32-23-7-9-27(35-2)30-17-23)24-14-21(6-8-26(24)31-19)22-13-20(15-29-16-22)18-33-10-4-3-5-11-33/h6-9,12-17,19,31H,3-5,10-11,18H2,1-2H3,(H,32,34). The van der Waals surface area contributed by atoms with Crippen molar-refractivity contribution in [3.05, 3.63) is 72.2 Å². The number of nitrogens with zero attached hydrogens (tertiary/aromatic N) is 3. The Kier molecular flexibility index (Phi) is 6.77. The SMILES string of the molecule is COc1ccc(NC(=O)C2=CC(C)Nc3ccc(-c4cncc(CN5CCCCC5)c4)cc32)cn1. The molecule has 1 unspecified atom stereocenters. The van der Waals surface area contributed by atoms with Crippen LogP contribution in [0.15, 0.2) is 61.1 Å². The molecule has 7 heteroatoms. The van der Waals surface area contributed by atoms with Gasteiger partial charge in [0, 0.05) is 53.4 Å². The van der Waals surface area contributed by atoms with Crippen LogP contribution in [0.3, 0.4) is 0 Å². The van der Waals surface area contributed by atoms with Crippen LogP contribution < -0.4 is 15.4 Å². The van der Waals surface area contributed by atoms with E-state index in [0.29, 0.717) is 17.1 Å². The molecular weight excluding hydrogens is 438 g/mol. The summed E-state index contributed by atoms with van der Waals surface area (Å²) in [5.74, 6) is 0.338. The monoisotopic (exact) mass is 469 g/mol. The van der Waals surface area contributed by atoms with Crippen molar-refractivity contribution in [3.8, 4) is 17.0 Å². The zero-order chi connectivity index (χ0) is 24.2. The maximum atomic E-state index is 13.3. The van der Waals surface area contributed by atoms with Gasteiger partial charge in [0.25, 0.3) is 5.91 Å². The molecule has 2 N–H and O–H groups in total. The highest BCUT2D eigenvalue weighted by Crippen LogP contribution is 2.34. The van der Waals surface area contributed by atoms with E-state index in [1.165, 1.54) is 24.8 Å². The van der Waals surface area contributed by atoms with E-state index in [1.54, 1.807) is 25.4 Å². The number of amides is 1. The number of fused-ring (bicyclic) bond motifs is 1. The smallest absolute Gasteiger partial charge is 0.256 e. The van der Waals surface area contributed by atoms with Crippen LogP contribution in [0.5, 0.6) is 5.88 Å². The first-order valence-electron chi connectivity index (χ1n) is 12.2. The number of hydrogen-bond acceptors (Lipinski definition) is 6. The van der Waals surface area contributed by atoms with E-state index >= 15 is 0 Å². The number of hydrogen-bond donors (Lipinski definition) is 2. The number of benzene rings is 1. The van der Waals surface area contributed by atoms with Crippen LogP contribution in [-0.4, -0.2) is 47.0 Å². The predicted molar refractivity (Wildman–Crippen MR) is 139 cm³/mol. The van der Waals surface area contributed by atoms with E-state index in [1.807, 2.05) is 31.5 Å². The van der Waals surface area contributed by atoms with Gasteiger partial charge in [0.1, 0.15) is 0 Å². The average Bonchev–Trinajstić information content (AvgIpc) is 2.89. The van der Waals surface area contributed by atoms with Crippen LogP contribution in [0.25, 0.3) is 16.7 Å². The number of nitrogens with one attached hydrogen (secondary N) is 2. The molecule has 0 spiro atoms. The van der Waals surface area contributed by atoms with E-state index in [9.17, 15) is 4.79 Å². The van der Waals surface area contributed by atoms with Gasteiger partial charge in [0.2, 0.25) is 5.88 Å². The number of likely N-dealkylation sites (tertiary alicyclic amines) is 1. The molecule has 7 nitrogen and oxygen atoms in total. The quantitative estimate of drug-likeness (QED) is 0.530. The second-order valence-corrected chi connectivity index (χ2v) is 9.24. The van der Waals surface area contributed by atoms with Gasteiger partial charge < -0.3 is 15.4 Å². The molecule has 180 valence electrons. The Bertz CT molecular complexity index is 1230. The van der Waals surface area contributed by atoms with Gasteiger partial charge in [-0.15, -0.1) is 0 Å². The van der Waals surface area contributed by atoms with Gasteiger partial charge in [-0.2, -0.15) is 0 Å². The van der Waals surface area contributed by atoms with Crippen molar-refractivity contribution in [2.45, 2.75) is 38.8 Å². The van der Waals surface area contributed by atoms with Crippen molar-refractivity contribution in [1.29, 1.82) is 0 Å². The third-order valence-electron chi connectivity index (χ3n) is 6.54. The number of methoxy groups -OCH3 is 1. The first-order valence-corrected chi connectivity index (χ1v) is 12.2. The largest absolute Gasteiger partial charge is 0.481 e. The maximum Gasteiger partial charge on any atom is 0.256 e. The minimum atomic E-state index is -0.166. The summed E-state index contributed by atoms with van der Waals surface area (Å²) in [5.41, 5.74) is 6.39. The van der Waals surface area contributed by atoms with E-state index in [4.69, 9.17) is 4.74 Å². The van der Waals surface area contributed by atoms with Crippen LogP contribution in [0, 0.1) is 0 Å². The van der Waals surface area contributed by atoms with Gasteiger partial charge in [0.15, 0.2) is 0 Å². The summed E-state index contributed by atoms with van der Waals surface area (Å²) in [6, 6.07) is 12.0. The molecule has 5 rings (SSSR count). The normalized spacial score (nSPS) is 17.7. The van der Waals surface area contributed by atoms with E-state index < -0.39 is 0 Å². The summed E-state index contributed by atoms with van der Waals surface area (Å²) in [5, 5.41) is 6.43. The molecule has 0 aliphatic carbocycles. The molecule has 0 bridgehead atoms. The fourth-order valence-electron chi connectivity index (χ4n) is 4.78. The fourth-order valence-corrected chi connectivity index (χ4v) is 4.78. The molecule has 2 aliphatic rings. The molecule has 4 heterocycles. The summed E-state index contributed by atoms with van der Waals surface area (Å²) in [6.07, 6.45) is 11.3. The van der Waals surface area contributed by atoms with Gasteiger partial charge >= 0.3 is 0 Å². The number of rotatable bonds is 6. The Morgan fingerprint density at radius 3 is 2.71 bits per heavy atom. The summed E-state index contributed by atoms with van der Waals surface area (Å²) >= 11 is 0. The fraction of sp³-hybridized carbons (Fsp3) is 0.321. The van der Waals surface area contributed by atoms with E-state index in [2.05, 4.69) is 43.7 Å². The molecule has 1 saturated heterocycles. The van der Waals surface area contributed by atoms with Crippen LogP contribution >= 0.6 is 0 Å². The number of piperidine rings is 1. The Labute approximate surface area is 206 Å². The number of anilines is 2. The zero-order valence-corrected chi connectivity index (χ0v) is 20.3. The Balaban J connectivity index is 1.40. The first kappa shape index (κ1) is 23.1. The second kappa shape index (κ2) is 10.3. The van der Waals surface area contributed by atoms with E-state index in [0.717, 1.165) is 42.0 Å². The number of aromatic nitrogens is 2. The number of carbonyl (C=O) groups is 1. The maximum absolute atomic E-state index is 13.3. The molecular formula is C28H31N5O2. The molecule has 1 aromatic carbocycles.